The van der Waals surface area contributed by atoms with Crippen LogP contribution in [0.1, 0.15) is 46.2 Å². The molecular formula is C18H27NOSi. The summed E-state index contributed by atoms with van der Waals surface area (Å²) in [6.45, 7) is 15.5. The normalized spacial score (nSPS) is 19.6. The number of benzene rings is 1. The first-order valence-corrected chi connectivity index (χ1v) is 10.6. The molecular weight excluding hydrogens is 274 g/mol. The van der Waals surface area contributed by atoms with Crippen molar-refractivity contribution < 1.29 is 4.79 Å². The molecule has 1 amide bonds. The number of hydrogen-bond donors (Lipinski definition) is 0. The lowest BCUT2D eigenvalue weighted by Crippen LogP contribution is -2.65. The van der Waals surface area contributed by atoms with Crippen LogP contribution < -0.4 is 0 Å². The number of hydrogen-bond acceptors (Lipinski definition) is 1. The quantitative estimate of drug-likeness (QED) is 0.432. The minimum absolute atomic E-state index is 0.143. The zero-order valence-corrected chi connectivity index (χ0v) is 15.3. The number of carbonyl (C=O) groups is 1. The molecule has 0 radical (unpaired) electrons. The molecule has 2 nitrogen and oxygen atoms in total. The maximum absolute atomic E-state index is 12.8. The fourth-order valence-electron chi connectivity index (χ4n) is 2.80. The smallest absolute Gasteiger partial charge is 0.245 e. The topological polar surface area (TPSA) is 20.3 Å². The number of β-lactam (4-membered cyclic amide) rings is 1. The first-order chi connectivity index (χ1) is 9.59. The van der Waals surface area contributed by atoms with Crippen LogP contribution in [0.15, 0.2) is 41.5 Å². The van der Waals surface area contributed by atoms with E-state index in [1.807, 2.05) is 19.9 Å². The Labute approximate surface area is 129 Å². The van der Waals surface area contributed by atoms with Gasteiger partial charge in [0.05, 0.1) is 6.04 Å². The molecule has 1 aromatic carbocycles. The molecule has 3 heteroatoms. The summed E-state index contributed by atoms with van der Waals surface area (Å²) in [5.41, 5.74) is 3.37. The van der Waals surface area contributed by atoms with E-state index in [0.29, 0.717) is 0 Å². The molecule has 0 aromatic heterocycles. The average Bonchev–Trinajstić information content (AvgIpc) is 2.34. The lowest BCUT2D eigenvalue weighted by molar-refractivity contribution is -0.131. The number of allylic oxidation sites excluding steroid dienone is 1. The predicted molar refractivity (Wildman–Crippen MR) is 91.6 cm³/mol. The van der Waals surface area contributed by atoms with E-state index >= 15 is 0 Å². The zero-order chi connectivity index (χ0) is 16.0. The first-order valence-electron chi connectivity index (χ1n) is 7.65. The molecule has 1 heterocycles. The highest BCUT2D eigenvalue weighted by Gasteiger charge is 2.55. The van der Waals surface area contributed by atoms with Crippen LogP contribution >= 0.6 is 0 Å². The lowest BCUT2D eigenvalue weighted by Gasteiger charge is -2.56. The minimum Gasteiger partial charge on any atom is -0.355 e. The standard InChI is InChI=1S/C18H27NOSi/c1-13(2)15-16(14-11-9-8-10-12-14)19(17(15)20)21(6,7)18(3,4)5/h8-12,16H,1-7H3. The summed E-state index contributed by atoms with van der Waals surface area (Å²) < 4.78 is 2.20. The van der Waals surface area contributed by atoms with E-state index in [1.165, 1.54) is 5.56 Å². The maximum atomic E-state index is 12.8. The SMILES string of the molecule is CC(C)=C1C(=O)N([Si](C)(C)C(C)(C)C)C1c1ccccc1. The van der Waals surface area contributed by atoms with E-state index < -0.39 is 8.24 Å². The summed E-state index contributed by atoms with van der Waals surface area (Å²) in [5, 5.41) is 0.156. The molecule has 1 atom stereocenters. The second-order valence-corrected chi connectivity index (χ2v) is 12.8. The van der Waals surface area contributed by atoms with Crippen LogP contribution in [0.25, 0.3) is 0 Å². The van der Waals surface area contributed by atoms with Crippen molar-refractivity contribution in [2.24, 2.45) is 0 Å². The van der Waals surface area contributed by atoms with E-state index in [4.69, 9.17) is 0 Å². The summed E-state index contributed by atoms with van der Waals surface area (Å²) in [4.78, 5) is 12.8. The Morgan fingerprint density at radius 2 is 1.62 bits per heavy atom. The maximum Gasteiger partial charge on any atom is 0.245 e. The number of amides is 1. The van der Waals surface area contributed by atoms with Gasteiger partial charge in [-0.1, -0.05) is 69.8 Å². The predicted octanol–water partition coefficient (Wildman–Crippen LogP) is 4.91. The van der Waals surface area contributed by atoms with E-state index in [-0.39, 0.29) is 17.0 Å². The molecule has 1 unspecified atom stereocenters. The summed E-state index contributed by atoms with van der Waals surface area (Å²) in [6.07, 6.45) is 0. The summed E-state index contributed by atoms with van der Waals surface area (Å²) in [6, 6.07) is 10.6. The Balaban J connectivity index is 2.52. The fraction of sp³-hybridized carbons (Fsp3) is 0.500. The lowest BCUT2D eigenvalue weighted by atomic mass is 9.88. The molecule has 21 heavy (non-hydrogen) atoms. The van der Waals surface area contributed by atoms with Gasteiger partial charge in [-0.25, -0.2) is 0 Å². The molecule has 1 fully saturated rings. The molecule has 0 bridgehead atoms. The summed E-state index contributed by atoms with van der Waals surface area (Å²) >= 11 is 0. The Hall–Kier alpha value is -1.35. The third kappa shape index (κ3) is 2.48. The van der Waals surface area contributed by atoms with Gasteiger partial charge in [0.15, 0.2) is 8.24 Å². The summed E-state index contributed by atoms with van der Waals surface area (Å²) in [7, 11) is -1.87. The van der Waals surface area contributed by atoms with Gasteiger partial charge in [-0.05, 0) is 24.4 Å². The van der Waals surface area contributed by atoms with Crippen LogP contribution in [-0.2, 0) is 4.79 Å². The van der Waals surface area contributed by atoms with Crippen molar-refractivity contribution >= 4 is 14.1 Å². The third-order valence-electron chi connectivity index (χ3n) is 5.07. The number of rotatable bonds is 2. The van der Waals surface area contributed by atoms with Crippen LogP contribution in [0.2, 0.25) is 18.1 Å². The summed E-state index contributed by atoms with van der Waals surface area (Å²) in [5.74, 6) is 0.246. The van der Waals surface area contributed by atoms with Crippen molar-refractivity contribution in [2.45, 2.75) is 58.8 Å². The van der Waals surface area contributed by atoms with Crippen LogP contribution in [0.5, 0.6) is 0 Å². The third-order valence-corrected chi connectivity index (χ3v) is 10.4. The second kappa shape index (κ2) is 5.13. The van der Waals surface area contributed by atoms with Crippen molar-refractivity contribution in [1.82, 2.24) is 4.57 Å². The number of carbonyl (C=O) groups excluding carboxylic acids is 1. The van der Waals surface area contributed by atoms with Gasteiger partial charge < -0.3 is 4.57 Å². The van der Waals surface area contributed by atoms with Crippen LogP contribution in [0, 0.1) is 0 Å². The van der Waals surface area contributed by atoms with Crippen LogP contribution in [0.4, 0.5) is 0 Å². The average molecular weight is 302 g/mol. The van der Waals surface area contributed by atoms with Crippen LogP contribution in [0.3, 0.4) is 0 Å². The fourth-order valence-corrected chi connectivity index (χ4v) is 5.08. The van der Waals surface area contributed by atoms with Gasteiger partial charge >= 0.3 is 0 Å². The molecule has 1 saturated heterocycles. The largest absolute Gasteiger partial charge is 0.355 e. The van der Waals surface area contributed by atoms with Crippen LogP contribution in [-0.4, -0.2) is 18.7 Å². The van der Waals surface area contributed by atoms with Gasteiger partial charge in [0.25, 0.3) is 0 Å². The van der Waals surface area contributed by atoms with E-state index in [9.17, 15) is 4.79 Å². The Morgan fingerprint density at radius 1 is 1.10 bits per heavy atom. The molecule has 1 aromatic rings. The molecule has 0 aliphatic carbocycles. The molecule has 0 spiro atoms. The van der Waals surface area contributed by atoms with Gasteiger partial charge in [0.2, 0.25) is 5.91 Å². The van der Waals surface area contributed by atoms with E-state index in [1.54, 1.807) is 0 Å². The van der Waals surface area contributed by atoms with Crippen molar-refractivity contribution in [2.75, 3.05) is 0 Å². The van der Waals surface area contributed by atoms with Crippen molar-refractivity contribution in [3.63, 3.8) is 0 Å². The molecule has 0 saturated carbocycles. The highest BCUT2D eigenvalue weighted by Crippen LogP contribution is 2.50. The van der Waals surface area contributed by atoms with Crippen molar-refractivity contribution in [3.8, 4) is 0 Å². The molecule has 1 aliphatic rings. The molecule has 0 N–H and O–H groups in total. The van der Waals surface area contributed by atoms with Gasteiger partial charge in [-0.3, -0.25) is 4.79 Å². The highest BCUT2D eigenvalue weighted by atomic mass is 28.3. The monoisotopic (exact) mass is 301 g/mol. The van der Waals surface area contributed by atoms with Crippen molar-refractivity contribution in [3.05, 3.63) is 47.0 Å². The van der Waals surface area contributed by atoms with E-state index in [2.05, 4.69) is 62.7 Å². The van der Waals surface area contributed by atoms with Gasteiger partial charge in [0, 0.05) is 5.57 Å². The highest BCUT2D eigenvalue weighted by molar-refractivity contribution is 6.80. The Kier molecular flexibility index (Phi) is 3.91. The molecule has 1 aliphatic heterocycles. The van der Waals surface area contributed by atoms with Gasteiger partial charge in [-0.15, -0.1) is 0 Å². The molecule has 114 valence electrons. The first kappa shape index (κ1) is 16.0. The Morgan fingerprint density at radius 3 is 2.05 bits per heavy atom. The van der Waals surface area contributed by atoms with Gasteiger partial charge in [0.1, 0.15) is 0 Å². The van der Waals surface area contributed by atoms with E-state index in [0.717, 1.165) is 11.1 Å². The Bertz CT molecular complexity index is 577. The minimum atomic E-state index is -1.87. The molecule has 2 rings (SSSR count). The second-order valence-electron chi connectivity index (χ2n) is 7.71. The zero-order valence-electron chi connectivity index (χ0n) is 14.3. The van der Waals surface area contributed by atoms with Crippen molar-refractivity contribution in [1.29, 1.82) is 0 Å². The van der Waals surface area contributed by atoms with Gasteiger partial charge in [-0.2, -0.15) is 0 Å². The number of nitrogens with zero attached hydrogens (tertiary/aromatic N) is 1.